The predicted octanol–water partition coefficient (Wildman–Crippen LogP) is 3.16. The van der Waals surface area contributed by atoms with E-state index in [1.165, 1.54) is 10.2 Å². The van der Waals surface area contributed by atoms with Gasteiger partial charge < -0.3 is 5.32 Å². The lowest BCUT2D eigenvalue weighted by Gasteiger charge is -2.12. The highest BCUT2D eigenvalue weighted by molar-refractivity contribution is 5.92. The van der Waals surface area contributed by atoms with E-state index in [1.54, 1.807) is 37.7 Å². The number of amides is 1. The van der Waals surface area contributed by atoms with Crippen molar-refractivity contribution in [3.05, 3.63) is 69.2 Å². The summed E-state index contributed by atoms with van der Waals surface area (Å²) >= 11 is 0. The van der Waals surface area contributed by atoms with Gasteiger partial charge >= 0.3 is 5.69 Å². The highest BCUT2D eigenvalue weighted by Crippen LogP contribution is 2.25. The van der Waals surface area contributed by atoms with Crippen LogP contribution in [0.3, 0.4) is 0 Å². The monoisotopic (exact) mass is 382 g/mol. The fourth-order valence-electron chi connectivity index (χ4n) is 3.12. The smallest absolute Gasteiger partial charge is 0.307 e. The number of benzene rings is 1. The number of nitrogens with one attached hydrogen (secondary N) is 1. The lowest BCUT2D eigenvalue weighted by Crippen LogP contribution is -2.25. The first-order valence-corrected chi connectivity index (χ1v) is 8.87. The van der Waals surface area contributed by atoms with E-state index in [4.69, 9.17) is 0 Å². The molecule has 3 rings (SSSR count). The lowest BCUT2D eigenvalue weighted by atomic mass is 10.1. The maximum atomic E-state index is 12.6. The van der Waals surface area contributed by atoms with Crippen LogP contribution in [0.25, 0.3) is 0 Å². The summed E-state index contributed by atoms with van der Waals surface area (Å²) < 4.78 is 3.11. The summed E-state index contributed by atoms with van der Waals surface area (Å²) in [5.41, 5.74) is 2.87. The van der Waals surface area contributed by atoms with Crippen LogP contribution in [0.1, 0.15) is 35.5 Å². The Hall–Kier alpha value is -3.49. The average Bonchev–Trinajstić information content (AvgIpc) is 3.19. The molecule has 3 aromatic rings. The molecule has 0 spiro atoms. The van der Waals surface area contributed by atoms with Gasteiger partial charge in [-0.3, -0.25) is 24.3 Å². The first kappa shape index (κ1) is 19.3. The fraction of sp³-hybridized carbons (Fsp3) is 0.316. The molecule has 1 aromatic carbocycles. The van der Waals surface area contributed by atoms with Crippen molar-refractivity contribution in [3.8, 4) is 0 Å². The Morgan fingerprint density at radius 2 is 1.93 bits per heavy atom. The van der Waals surface area contributed by atoms with E-state index in [-0.39, 0.29) is 17.3 Å². The van der Waals surface area contributed by atoms with Crippen molar-refractivity contribution in [1.82, 2.24) is 19.6 Å². The minimum atomic E-state index is -0.714. The molecule has 0 saturated carbocycles. The molecule has 146 valence electrons. The van der Waals surface area contributed by atoms with Crippen LogP contribution < -0.4 is 5.32 Å². The molecule has 0 radical (unpaired) electrons. The topological polar surface area (TPSA) is 108 Å². The second-order valence-electron chi connectivity index (χ2n) is 6.71. The van der Waals surface area contributed by atoms with Crippen LogP contribution in [0.5, 0.6) is 0 Å². The molecule has 0 aliphatic rings. The zero-order chi connectivity index (χ0) is 20.4. The van der Waals surface area contributed by atoms with Gasteiger partial charge in [0.1, 0.15) is 17.4 Å². The number of nitrogens with zero attached hydrogens (tertiary/aromatic N) is 5. The molecule has 9 nitrogen and oxygen atoms in total. The molecule has 2 aromatic heterocycles. The summed E-state index contributed by atoms with van der Waals surface area (Å²) in [6.45, 7) is 7.42. The van der Waals surface area contributed by atoms with Gasteiger partial charge in [-0.05, 0) is 38.8 Å². The Kier molecular flexibility index (Phi) is 5.25. The SMILES string of the molecule is Cc1ccccc1Cn1ccc(NC(=O)C(C)n2nc(C)c([N+](=O)[O-])c2C)n1. The largest absolute Gasteiger partial charge is 0.312 e. The van der Waals surface area contributed by atoms with Crippen molar-refractivity contribution in [1.29, 1.82) is 0 Å². The van der Waals surface area contributed by atoms with Gasteiger partial charge in [-0.15, -0.1) is 0 Å². The number of rotatable bonds is 6. The Balaban J connectivity index is 1.72. The van der Waals surface area contributed by atoms with Gasteiger partial charge in [-0.25, -0.2) is 0 Å². The minimum Gasteiger partial charge on any atom is -0.307 e. The first-order chi connectivity index (χ1) is 13.3. The molecule has 0 bridgehead atoms. The molecule has 0 aliphatic carbocycles. The molecule has 1 atom stereocenters. The van der Waals surface area contributed by atoms with Gasteiger partial charge in [0.2, 0.25) is 5.91 Å². The van der Waals surface area contributed by atoms with Crippen molar-refractivity contribution in [2.24, 2.45) is 0 Å². The van der Waals surface area contributed by atoms with Crippen LogP contribution >= 0.6 is 0 Å². The second kappa shape index (κ2) is 7.63. The highest BCUT2D eigenvalue weighted by atomic mass is 16.6. The molecular formula is C19H22N6O3. The maximum Gasteiger partial charge on any atom is 0.312 e. The van der Waals surface area contributed by atoms with Crippen LogP contribution in [0.4, 0.5) is 11.5 Å². The van der Waals surface area contributed by atoms with Crippen molar-refractivity contribution in [2.75, 3.05) is 5.32 Å². The van der Waals surface area contributed by atoms with E-state index < -0.39 is 11.0 Å². The van der Waals surface area contributed by atoms with Gasteiger partial charge in [0.15, 0.2) is 5.82 Å². The number of hydrogen-bond acceptors (Lipinski definition) is 5. The first-order valence-electron chi connectivity index (χ1n) is 8.87. The van der Waals surface area contributed by atoms with Crippen LogP contribution in [0.2, 0.25) is 0 Å². The van der Waals surface area contributed by atoms with E-state index in [2.05, 4.69) is 15.5 Å². The second-order valence-corrected chi connectivity index (χ2v) is 6.71. The van der Waals surface area contributed by atoms with Crippen molar-refractivity contribution >= 4 is 17.4 Å². The number of aromatic nitrogens is 4. The van der Waals surface area contributed by atoms with Crippen LogP contribution in [-0.4, -0.2) is 30.4 Å². The van der Waals surface area contributed by atoms with Crippen LogP contribution in [0.15, 0.2) is 36.5 Å². The number of hydrogen-bond donors (Lipinski definition) is 1. The number of anilines is 1. The molecule has 0 saturated heterocycles. The van der Waals surface area contributed by atoms with E-state index in [0.717, 1.165) is 5.56 Å². The number of carbonyl (C=O) groups is 1. The van der Waals surface area contributed by atoms with Gasteiger partial charge in [0.25, 0.3) is 0 Å². The van der Waals surface area contributed by atoms with E-state index in [1.807, 2.05) is 31.2 Å². The average molecular weight is 382 g/mol. The minimum absolute atomic E-state index is 0.0674. The fourth-order valence-corrected chi connectivity index (χ4v) is 3.12. The third kappa shape index (κ3) is 3.78. The quantitative estimate of drug-likeness (QED) is 0.520. The lowest BCUT2D eigenvalue weighted by molar-refractivity contribution is -0.386. The molecule has 28 heavy (non-hydrogen) atoms. The van der Waals surface area contributed by atoms with Gasteiger partial charge in [-0.1, -0.05) is 24.3 Å². The van der Waals surface area contributed by atoms with Crippen molar-refractivity contribution < 1.29 is 9.72 Å². The summed E-state index contributed by atoms with van der Waals surface area (Å²) in [6, 6.07) is 9.03. The van der Waals surface area contributed by atoms with Gasteiger partial charge in [-0.2, -0.15) is 10.2 Å². The van der Waals surface area contributed by atoms with Crippen LogP contribution in [0, 0.1) is 30.9 Å². The Morgan fingerprint density at radius 1 is 1.21 bits per heavy atom. The number of nitro groups is 1. The summed E-state index contributed by atoms with van der Waals surface area (Å²) in [4.78, 5) is 23.3. The third-order valence-electron chi connectivity index (χ3n) is 4.70. The molecule has 0 fully saturated rings. The molecule has 9 heteroatoms. The predicted molar refractivity (Wildman–Crippen MR) is 104 cm³/mol. The van der Waals surface area contributed by atoms with E-state index in [0.29, 0.717) is 18.1 Å². The Bertz CT molecular complexity index is 1040. The molecule has 1 amide bonds. The highest BCUT2D eigenvalue weighted by Gasteiger charge is 2.27. The zero-order valence-electron chi connectivity index (χ0n) is 16.2. The Labute approximate surface area is 162 Å². The van der Waals surface area contributed by atoms with Gasteiger partial charge in [0.05, 0.1) is 11.5 Å². The third-order valence-corrected chi connectivity index (χ3v) is 4.70. The normalized spacial score (nSPS) is 12.0. The zero-order valence-corrected chi connectivity index (χ0v) is 16.2. The summed E-state index contributed by atoms with van der Waals surface area (Å²) in [6.07, 6.45) is 1.79. The molecule has 1 unspecified atom stereocenters. The van der Waals surface area contributed by atoms with Crippen molar-refractivity contribution in [2.45, 2.75) is 40.3 Å². The van der Waals surface area contributed by atoms with E-state index >= 15 is 0 Å². The van der Waals surface area contributed by atoms with Crippen LogP contribution in [-0.2, 0) is 11.3 Å². The maximum absolute atomic E-state index is 12.6. The summed E-state index contributed by atoms with van der Waals surface area (Å²) in [5.74, 6) is 0.0723. The summed E-state index contributed by atoms with van der Waals surface area (Å²) in [5, 5.41) is 22.4. The van der Waals surface area contributed by atoms with Crippen molar-refractivity contribution in [3.63, 3.8) is 0 Å². The van der Waals surface area contributed by atoms with Gasteiger partial charge in [0, 0.05) is 12.3 Å². The molecular weight excluding hydrogens is 360 g/mol. The Morgan fingerprint density at radius 3 is 2.57 bits per heavy atom. The number of aryl methyl sites for hydroxylation is 2. The number of carbonyl (C=O) groups excluding carboxylic acids is 1. The summed E-state index contributed by atoms with van der Waals surface area (Å²) in [7, 11) is 0. The standard InChI is InChI=1S/C19H22N6O3/c1-12-7-5-6-8-16(12)11-23-10-9-17(22-23)20-19(26)15(4)24-14(3)18(25(27)28)13(2)21-24/h5-10,15H,11H2,1-4H3,(H,20,22,26). The molecule has 2 heterocycles. The molecule has 0 aliphatic heterocycles. The van der Waals surface area contributed by atoms with E-state index in [9.17, 15) is 14.9 Å². The molecule has 1 N–H and O–H groups in total.